The monoisotopic (exact) mass is 197 g/mol. The van der Waals surface area contributed by atoms with Crippen molar-refractivity contribution in [3.05, 3.63) is 28.3 Å². The minimum atomic E-state index is -0.0650. The number of aryl methyl sites for hydroxylation is 2. The molecule has 0 aromatic heterocycles. The topological polar surface area (TPSA) is 29.1 Å². The second kappa shape index (κ2) is 3.79. The van der Waals surface area contributed by atoms with Gasteiger partial charge in [0.1, 0.15) is 0 Å². The second-order valence-electron chi connectivity index (χ2n) is 3.10. The molecule has 13 heavy (non-hydrogen) atoms. The van der Waals surface area contributed by atoms with E-state index in [4.69, 9.17) is 11.6 Å². The van der Waals surface area contributed by atoms with Gasteiger partial charge in [-0.05, 0) is 37.1 Å². The Morgan fingerprint density at radius 2 is 1.92 bits per heavy atom. The first-order valence-electron chi connectivity index (χ1n) is 4.05. The van der Waals surface area contributed by atoms with Crippen molar-refractivity contribution < 1.29 is 4.79 Å². The molecular formula is C10H12ClNO. The van der Waals surface area contributed by atoms with E-state index in [1.54, 1.807) is 0 Å². The number of benzene rings is 1. The smallest absolute Gasteiger partial charge is 0.221 e. The Labute approximate surface area is 82.9 Å². The molecule has 1 rings (SSSR count). The molecule has 70 valence electrons. The fourth-order valence-corrected chi connectivity index (χ4v) is 1.32. The van der Waals surface area contributed by atoms with Crippen molar-refractivity contribution in [3.8, 4) is 0 Å². The molecule has 0 aliphatic heterocycles. The van der Waals surface area contributed by atoms with Crippen molar-refractivity contribution in [1.29, 1.82) is 0 Å². The maximum atomic E-state index is 10.8. The van der Waals surface area contributed by atoms with Gasteiger partial charge in [-0.1, -0.05) is 11.6 Å². The van der Waals surface area contributed by atoms with Gasteiger partial charge in [-0.2, -0.15) is 0 Å². The third-order valence-corrected chi connectivity index (χ3v) is 2.22. The Kier molecular flexibility index (Phi) is 2.94. The van der Waals surface area contributed by atoms with Gasteiger partial charge in [0.05, 0.1) is 0 Å². The van der Waals surface area contributed by atoms with Crippen LogP contribution in [0.4, 0.5) is 5.69 Å². The van der Waals surface area contributed by atoms with Gasteiger partial charge in [-0.25, -0.2) is 0 Å². The Hall–Kier alpha value is -1.02. The Morgan fingerprint density at radius 3 is 2.46 bits per heavy atom. The molecule has 1 N–H and O–H groups in total. The summed E-state index contributed by atoms with van der Waals surface area (Å²) in [6.45, 7) is 5.31. The van der Waals surface area contributed by atoms with Gasteiger partial charge < -0.3 is 5.32 Å². The molecule has 1 aromatic rings. The van der Waals surface area contributed by atoms with E-state index in [0.717, 1.165) is 21.8 Å². The predicted molar refractivity (Wildman–Crippen MR) is 55.2 cm³/mol. The number of nitrogens with one attached hydrogen (secondary N) is 1. The van der Waals surface area contributed by atoms with Crippen LogP contribution < -0.4 is 5.32 Å². The van der Waals surface area contributed by atoms with E-state index < -0.39 is 0 Å². The average molecular weight is 198 g/mol. The lowest BCUT2D eigenvalue weighted by Crippen LogP contribution is -2.07. The van der Waals surface area contributed by atoms with Crippen molar-refractivity contribution in [2.24, 2.45) is 0 Å². The van der Waals surface area contributed by atoms with Crippen LogP contribution in [0.3, 0.4) is 0 Å². The maximum Gasteiger partial charge on any atom is 0.221 e. The fraction of sp³-hybridized carbons (Fsp3) is 0.300. The fourth-order valence-electron chi connectivity index (χ4n) is 1.11. The highest BCUT2D eigenvalue weighted by Gasteiger charge is 2.03. The number of carbonyl (C=O) groups is 1. The SMILES string of the molecule is CC(=O)Nc1cc(C)c(Cl)cc1C. The molecule has 1 aromatic carbocycles. The van der Waals surface area contributed by atoms with Crippen molar-refractivity contribution in [3.63, 3.8) is 0 Å². The van der Waals surface area contributed by atoms with Crippen molar-refractivity contribution in [2.45, 2.75) is 20.8 Å². The van der Waals surface area contributed by atoms with Crippen molar-refractivity contribution >= 4 is 23.2 Å². The van der Waals surface area contributed by atoms with Gasteiger partial charge in [0.2, 0.25) is 5.91 Å². The van der Waals surface area contributed by atoms with Crippen molar-refractivity contribution in [2.75, 3.05) is 5.32 Å². The lowest BCUT2D eigenvalue weighted by atomic mass is 10.1. The van der Waals surface area contributed by atoms with Crippen molar-refractivity contribution in [1.82, 2.24) is 0 Å². The highest BCUT2D eigenvalue weighted by Crippen LogP contribution is 2.23. The summed E-state index contributed by atoms with van der Waals surface area (Å²) in [6, 6.07) is 3.72. The molecule has 0 aliphatic rings. The molecule has 0 bridgehead atoms. The molecule has 0 aliphatic carbocycles. The van der Waals surface area contributed by atoms with Gasteiger partial charge in [0.15, 0.2) is 0 Å². The normalized spacial score (nSPS) is 9.85. The molecule has 3 heteroatoms. The van der Waals surface area contributed by atoms with E-state index >= 15 is 0 Å². The zero-order chi connectivity index (χ0) is 10.0. The van der Waals surface area contributed by atoms with Crippen LogP contribution in [-0.4, -0.2) is 5.91 Å². The number of carbonyl (C=O) groups excluding carboxylic acids is 1. The van der Waals surface area contributed by atoms with Crippen LogP contribution in [-0.2, 0) is 4.79 Å². The Balaban J connectivity index is 3.08. The largest absolute Gasteiger partial charge is 0.326 e. The molecule has 0 heterocycles. The quantitative estimate of drug-likeness (QED) is 0.737. The van der Waals surface area contributed by atoms with Crippen LogP contribution in [0.15, 0.2) is 12.1 Å². The second-order valence-corrected chi connectivity index (χ2v) is 3.50. The summed E-state index contributed by atoms with van der Waals surface area (Å²) in [5.74, 6) is -0.0650. The third kappa shape index (κ3) is 2.46. The van der Waals surface area contributed by atoms with Gasteiger partial charge in [0, 0.05) is 17.6 Å². The summed E-state index contributed by atoms with van der Waals surface area (Å²) in [6.07, 6.45) is 0. The zero-order valence-corrected chi connectivity index (χ0v) is 8.70. The molecule has 0 spiro atoms. The molecule has 0 radical (unpaired) electrons. The summed E-state index contributed by atoms with van der Waals surface area (Å²) in [4.78, 5) is 10.8. The summed E-state index contributed by atoms with van der Waals surface area (Å²) >= 11 is 5.91. The summed E-state index contributed by atoms with van der Waals surface area (Å²) in [5, 5.41) is 3.47. The lowest BCUT2D eigenvalue weighted by Gasteiger charge is -2.08. The molecular weight excluding hydrogens is 186 g/mol. The number of hydrogen-bond donors (Lipinski definition) is 1. The first kappa shape index (κ1) is 10.1. The molecule has 0 atom stereocenters. The minimum Gasteiger partial charge on any atom is -0.326 e. The van der Waals surface area contributed by atoms with E-state index in [1.165, 1.54) is 6.92 Å². The van der Waals surface area contributed by atoms with Crippen LogP contribution in [0.2, 0.25) is 5.02 Å². The Bertz CT molecular complexity index is 347. The van der Waals surface area contributed by atoms with Gasteiger partial charge in [-0.15, -0.1) is 0 Å². The first-order chi connectivity index (χ1) is 6.00. The van der Waals surface area contributed by atoms with Crippen LogP contribution in [0.25, 0.3) is 0 Å². The lowest BCUT2D eigenvalue weighted by molar-refractivity contribution is -0.114. The highest BCUT2D eigenvalue weighted by molar-refractivity contribution is 6.31. The number of hydrogen-bond acceptors (Lipinski definition) is 1. The van der Waals surface area contributed by atoms with Gasteiger partial charge >= 0.3 is 0 Å². The van der Waals surface area contributed by atoms with E-state index in [0.29, 0.717) is 0 Å². The molecule has 0 unspecified atom stereocenters. The highest BCUT2D eigenvalue weighted by atomic mass is 35.5. The number of rotatable bonds is 1. The Morgan fingerprint density at radius 1 is 1.31 bits per heavy atom. The molecule has 0 saturated heterocycles. The summed E-state index contributed by atoms with van der Waals surface area (Å²) in [5.41, 5.74) is 2.77. The van der Waals surface area contributed by atoms with Crippen LogP contribution in [0.1, 0.15) is 18.1 Å². The van der Waals surface area contributed by atoms with Crippen LogP contribution in [0, 0.1) is 13.8 Å². The van der Waals surface area contributed by atoms with E-state index in [-0.39, 0.29) is 5.91 Å². The van der Waals surface area contributed by atoms with E-state index in [2.05, 4.69) is 5.32 Å². The zero-order valence-electron chi connectivity index (χ0n) is 7.94. The average Bonchev–Trinajstić information content (AvgIpc) is 1.99. The van der Waals surface area contributed by atoms with E-state index in [9.17, 15) is 4.79 Å². The van der Waals surface area contributed by atoms with Gasteiger partial charge in [-0.3, -0.25) is 4.79 Å². The molecule has 0 fully saturated rings. The molecule has 0 saturated carbocycles. The minimum absolute atomic E-state index is 0.0650. The number of anilines is 1. The number of amides is 1. The predicted octanol–water partition coefficient (Wildman–Crippen LogP) is 2.92. The summed E-state index contributed by atoms with van der Waals surface area (Å²) in [7, 11) is 0. The standard InChI is InChI=1S/C10H12ClNO/c1-6-5-10(12-8(3)13)7(2)4-9(6)11/h4-5H,1-3H3,(H,12,13). The van der Waals surface area contributed by atoms with Crippen LogP contribution >= 0.6 is 11.6 Å². The van der Waals surface area contributed by atoms with E-state index in [1.807, 2.05) is 26.0 Å². The maximum absolute atomic E-state index is 10.8. The summed E-state index contributed by atoms with van der Waals surface area (Å²) < 4.78 is 0. The number of halogens is 1. The van der Waals surface area contributed by atoms with Crippen LogP contribution in [0.5, 0.6) is 0 Å². The third-order valence-electron chi connectivity index (χ3n) is 1.82. The molecule has 2 nitrogen and oxygen atoms in total. The van der Waals surface area contributed by atoms with Gasteiger partial charge in [0.25, 0.3) is 0 Å². The molecule has 1 amide bonds. The first-order valence-corrected chi connectivity index (χ1v) is 4.43.